The van der Waals surface area contributed by atoms with E-state index in [4.69, 9.17) is 19.5 Å². The Kier molecular flexibility index (Phi) is 5.44. The third kappa shape index (κ3) is 4.32. The largest absolute Gasteiger partial charge is 0.508 e. The number of hydrogen-bond donors (Lipinski definition) is 1. The fraction of sp³-hybridized carbons (Fsp3) is 0.0833. The average molecular weight is 453 g/mol. The maximum atomic E-state index is 13.4. The average Bonchev–Trinajstić information content (AvgIpc) is 3.08. The van der Waals surface area contributed by atoms with Crippen molar-refractivity contribution < 1.29 is 37.3 Å². The second-order valence-corrected chi connectivity index (χ2v) is 6.95. The van der Waals surface area contributed by atoms with Gasteiger partial charge in [-0.3, -0.25) is 4.79 Å². The van der Waals surface area contributed by atoms with Gasteiger partial charge in [-0.05, 0) is 54.1 Å². The molecule has 3 aromatic carbocycles. The zero-order chi connectivity index (χ0) is 23.8. The highest BCUT2D eigenvalue weighted by molar-refractivity contribution is 6.14. The number of allylic oxidation sites excluding steroid dienone is 1. The molecule has 0 atom stereocenters. The number of ether oxygens (including phenoxy) is 3. The number of halogens is 3. The van der Waals surface area contributed by atoms with Crippen LogP contribution in [0.5, 0.6) is 28.7 Å². The minimum absolute atomic E-state index is 0.00160. The van der Waals surface area contributed by atoms with Crippen LogP contribution in [0.2, 0.25) is 0 Å². The highest BCUT2D eigenvalue weighted by Crippen LogP contribution is 2.41. The molecule has 166 valence electrons. The fourth-order valence-corrected chi connectivity index (χ4v) is 3.21. The lowest BCUT2D eigenvalue weighted by atomic mass is 10.1. The Hall–Kier alpha value is -4.45. The number of ketones is 1. The second-order valence-electron chi connectivity index (χ2n) is 6.95. The van der Waals surface area contributed by atoms with E-state index in [1.807, 2.05) is 0 Å². The van der Waals surface area contributed by atoms with E-state index in [1.54, 1.807) is 6.07 Å². The fourth-order valence-electron chi connectivity index (χ4n) is 3.21. The lowest BCUT2D eigenvalue weighted by Gasteiger charge is -2.16. The maximum absolute atomic E-state index is 13.4. The Morgan fingerprint density at radius 1 is 1.03 bits per heavy atom. The van der Waals surface area contributed by atoms with Gasteiger partial charge < -0.3 is 19.3 Å². The van der Waals surface area contributed by atoms with Gasteiger partial charge in [0.05, 0.1) is 29.9 Å². The van der Waals surface area contributed by atoms with Crippen molar-refractivity contribution in [2.45, 2.75) is 6.18 Å². The van der Waals surface area contributed by atoms with Gasteiger partial charge in [-0.25, -0.2) is 0 Å². The first-order valence-corrected chi connectivity index (χ1v) is 9.44. The van der Waals surface area contributed by atoms with Crippen molar-refractivity contribution in [2.24, 2.45) is 0 Å². The van der Waals surface area contributed by atoms with Crippen molar-refractivity contribution in [1.82, 2.24) is 0 Å². The number of nitriles is 1. The number of benzene rings is 3. The Labute approximate surface area is 185 Å². The number of carbonyl (C=O) groups is 1. The molecule has 0 bridgehead atoms. The van der Waals surface area contributed by atoms with Gasteiger partial charge in [0.25, 0.3) is 0 Å². The highest BCUT2D eigenvalue weighted by Gasteiger charge is 2.35. The molecule has 0 spiro atoms. The maximum Gasteiger partial charge on any atom is 0.420 e. The van der Waals surface area contributed by atoms with E-state index in [9.17, 15) is 23.1 Å². The van der Waals surface area contributed by atoms with Gasteiger partial charge in [-0.1, -0.05) is 6.07 Å². The molecule has 0 saturated carbocycles. The number of rotatable bonds is 4. The standard InChI is InChI=1S/C24H14F3NO5/c1-31-21-9-13(10-22-23(30)16-5-4-15(29)11-20(16)33-22)2-7-19(21)32-18-6-3-14(12-28)8-17(18)24(25,26)27/h2-11,29H,1H3. The molecule has 3 aromatic rings. The summed E-state index contributed by atoms with van der Waals surface area (Å²) in [4.78, 5) is 12.5. The molecule has 1 aliphatic rings. The molecular weight excluding hydrogens is 439 g/mol. The lowest BCUT2D eigenvalue weighted by molar-refractivity contribution is -0.138. The molecular formula is C24H14F3NO5. The summed E-state index contributed by atoms with van der Waals surface area (Å²) in [5, 5.41) is 18.4. The van der Waals surface area contributed by atoms with Crippen LogP contribution in [0, 0.1) is 11.3 Å². The third-order valence-electron chi connectivity index (χ3n) is 4.77. The smallest absolute Gasteiger partial charge is 0.420 e. The van der Waals surface area contributed by atoms with Crippen LogP contribution in [-0.4, -0.2) is 18.0 Å². The van der Waals surface area contributed by atoms with Crippen molar-refractivity contribution in [3.63, 3.8) is 0 Å². The Morgan fingerprint density at radius 2 is 1.79 bits per heavy atom. The zero-order valence-electron chi connectivity index (χ0n) is 16.9. The summed E-state index contributed by atoms with van der Waals surface area (Å²) in [6.45, 7) is 0. The number of aromatic hydroxyl groups is 1. The molecule has 0 fully saturated rings. The number of carbonyl (C=O) groups excluding carboxylic acids is 1. The van der Waals surface area contributed by atoms with Crippen LogP contribution >= 0.6 is 0 Å². The normalized spacial score (nSPS) is 13.9. The SMILES string of the molecule is COc1cc(C=C2Oc3cc(O)ccc3C2=O)ccc1Oc1ccc(C#N)cc1C(F)(F)F. The molecule has 4 rings (SSSR count). The molecule has 0 aliphatic carbocycles. The predicted octanol–water partition coefficient (Wildman–Crippen LogP) is 5.70. The quantitative estimate of drug-likeness (QED) is 0.510. The van der Waals surface area contributed by atoms with E-state index in [0.29, 0.717) is 17.2 Å². The first kappa shape index (κ1) is 21.8. The third-order valence-corrected chi connectivity index (χ3v) is 4.77. The first-order valence-electron chi connectivity index (χ1n) is 9.44. The summed E-state index contributed by atoms with van der Waals surface area (Å²) >= 11 is 0. The molecule has 1 aliphatic heterocycles. The first-order chi connectivity index (χ1) is 15.7. The topological polar surface area (TPSA) is 88.8 Å². The summed E-state index contributed by atoms with van der Waals surface area (Å²) in [5.74, 6) is -0.570. The van der Waals surface area contributed by atoms with Gasteiger partial charge in [0.15, 0.2) is 17.3 Å². The van der Waals surface area contributed by atoms with E-state index in [0.717, 1.165) is 6.07 Å². The minimum atomic E-state index is -4.73. The molecule has 33 heavy (non-hydrogen) atoms. The molecule has 0 saturated heterocycles. The van der Waals surface area contributed by atoms with E-state index in [-0.39, 0.29) is 40.1 Å². The Morgan fingerprint density at radius 3 is 2.48 bits per heavy atom. The number of alkyl halides is 3. The van der Waals surface area contributed by atoms with Crippen molar-refractivity contribution in [3.8, 4) is 34.8 Å². The summed E-state index contributed by atoms with van der Waals surface area (Å²) in [5.41, 5.74) is -0.484. The number of methoxy groups -OCH3 is 1. The van der Waals surface area contributed by atoms with E-state index in [2.05, 4.69) is 0 Å². The summed E-state index contributed by atoms with van der Waals surface area (Å²) in [6, 6.07) is 13.2. The predicted molar refractivity (Wildman–Crippen MR) is 110 cm³/mol. The van der Waals surface area contributed by atoms with Crippen LogP contribution in [0.3, 0.4) is 0 Å². The number of hydrogen-bond acceptors (Lipinski definition) is 6. The molecule has 0 unspecified atom stereocenters. The van der Waals surface area contributed by atoms with Crippen LogP contribution < -0.4 is 14.2 Å². The lowest BCUT2D eigenvalue weighted by Crippen LogP contribution is -2.08. The van der Waals surface area contributed by atoms with Gasteiger partial charge in [0, 0.05) is 6.07 Å². The number of Topliss-reactive ketones (excluding diaryl/α,β-unsaturated/α-hetero) is 1. The van der Waals surface area contributed by atoms with Crippen molar-refractivity contribution in [2.75, 3.05) is 7.11 Å². The summed E-state index contributed by atoms with van der Waals surface area (Å²) in [6.07, 6.45) is -3.29. The second kappa shape index (κ2) is 8.24. The Bertz CT molecular complexity index is 1340. The number of phenols is 1. The van der Waals surface area contributed by atoms with Crippen molar-refractivity contribution in [1.29, 1.82) is 5.26 Å². The van der Waals surface area contributed by atoms with Crippen molar-refractivity contribution in [3.05, 3.63) is 82.6 Å². The van der Waals surface area contributed by atoms with E-state index < -0.39 is 17.5 Å². The highest BCUT2D eigenvalue weighted by atomic mass is 19.4. The Balaban J connectivity index is 1.65. The van der Waals surface area contributed by atoms with Gasteiger partial charge in [0.1, 0.15) is 17.2 Å². The summed E-state index contributed by atoms with van der Waals surface area (Å²) < 4.78 is 56.5. The van der Waals surface area contributed by atoms with Crippen LogP contribution in [0.15, 0.2) is 60.4 Å². The van der Waals surface area contributed by atoms with Crippen LogP contribution in [0.1, 0.15) is 27.0 Å². The van der Waals surface area contributed by atoms with Crippen LogP contribution in [-0.2, 0) is 6.18 Å². The zero-order valence-corrected chi connectivity index (χ0v) is 16.9. The van der Waals surface area contributed by atoms with Crippen LogP contribution in [0.25, 0.3) is 6.08 Å². The van der Waals surface area contributed by atoms with Gasteiger partial charge >= 0.3 is 6.18 Å². The van der Waals surface area contributed by atoms with E-state index >= 15 is 0 Å². The minimum Gasteiger partial charge on any atom is -0.508 e. The van der Waals surface area contributed by atoms with Gasteiger partial charge in [0.2, 0.25) is 5.78 Å². The number of fused-ring (bicyclic) bond motifs is 1. The molecule has 0 aromatic heterocycles. The van der Waals surface area contributed by atoms with Crippen molar-refractivity contribution >= 4 is 11.9 Å². The molecule has 6 nitrogen and oxygen atoms in total. The van der Waals surface area contributed by atoms with Gasteiger partial charge in [-0.15, -0.1) is 0 Å². The van der Waals surface area contributed by atoms with Gasteiger partial charge in [-0.2, -0.15) is 18.4 Å². The molecule has 9 heteroatoms. The molecule has 0 radical (unpaired) electrons. The van der Waals surface area contributed by atoms with Crippen LogP contribution in [0.4, 0.5) is 13.2 Å². The summed E-state index contributed by atoms with van der Waals surface area (Å²) in [7, 11) is 1.32. The monoisotopic (exact) mass is 453 g/mol. The number of nitrogens with zero attached hydrogens (tertiary/aromatic N) is 1. The molecule has 1 heterocycles. The van der Waals surface area contributed by atoms with E-state index in [1.165, 1.54) is 55.7 Å². The number of phenolic OH excluding ortho intramolecular Hbond substituents is 1. The molecule has 0 amide bonds. The molecule has 1 N–H and O–H groups in total.